The lowest BCUT2D eigenvalue weighted by atomic mass is 10.1. The summed E-state index contributed by atoms with van der Waals surface area (Å²) in [5, 5.41) is 13.7. The molecule has 0 saturated heterocycles. The number of carbonyl (C=O) groups is 1. The molecule has 1 heterocycles. The maximum Gasteiger partial charge on any atom is 0.230 e. The molecule has 1 aromatic heterocycles. The number of halogens is 1. The van der Waals surface area contributed by atoms with Crippen LogP contribution in [-0.4, -0.2) is 47.1 Å². The van der Waals surface area contributed by atoms with Crippen LogP contribution in [0.15, 0.2) is 53.8 Å². The van der Waals surface area contributed by atoms with Crippen LogP contribution in [0, 0.1) is 0 Å². The first kappa shape index (κ1) is 24.0. The lowest BCUT2D eigenvalue weighted by molar-refractivity contribution is -0.118. The molecule has 3 aromatic rings. The molecule has 0 bridgehead atoms. The fourth-order valence-corrected chi connectivity index (χ4v) is 4.06. The zero-order chi connectivity index (χ0) is 22.9. The zero-order valence-corrected chi connectivity index (χ0v) is 19.6. The minimum atomic E-state index is -0.154. The van der Waals surface area contributed by atoms with Crippen molar-refractivity contribution in [2.24, 2.45) is 0 Å². The van der Waals surface area contributed by atoms with Gasteiger partial charge in [-0.15, -0.1) is 0 Å². The van der Waals surface area contributed by atoms with Gasteiger partial charge in [-0.1, -0.05) is 41.6 Å². The summed E-state index contributed by atoms with van der Waals surface area (Å²) < 4.78 is 12.5. The van der Waals surface area contributed by atoms with Crippen molar-refractivity contribution < 1.29 is 19.4 Å². The molecule has 0 unspecified atom stereocenters. The van der Waals surface area contributed by atoms with E-state index >= 15 is 0 Å². The van der Waals surface area contributed by atoms with Crippen LogP contribution in [0.4, 0.5) is 0 Å². The van der Waals surface area contributed by atoms with E-state index in [4.69, 9.17) is 21.1 Å². The Hall–Kier alpha value is -2.68. The van der Waals surface area contributed by atoms with E-state index in [9.17, 15) is 9.90 Å². The van der Waals surface area contributed by atoms with Gasteiger partial charge in [0.05, 0.1) is 32.3 Å². The Morgan fingerprint density at radius 2 is 1.84 bits per heavy atom. The third kappa shape index (κ3) is 6.66. The first-order valence-electron chi connectivity index (χ1n) is 10.0. The van der Waals surface area contributed by atoms with Crippen LogP contribution in [0.3, 0.4) is 0 Å². The number of ether oxygens (including phenoxy) is 2. The van der Waals surface area contributed by atoms with E-state index in [1.165, 1.54) is 11.8 Å². The number of hydrogen-bond acceptors (Lipinski definition) is 6. The fourth-order valence-electron chi connectivity index (χ4n) is 3.11. The zero-order valence-electron chi connectivity index (χ0n) is 18.0. The smallest absolute Gasteiger partial charge is 0.230 e. The van der Waals surface area contributed by atoms with Crippen molar-refractivity contribution in [3.63, 3.8) is 0 Å². The number of aliphatic hydroxyl groups excluding tert-OH is 1. The largest absolute Gasteiger partial charge is 0.493 e. The lowest BCUT2D eigenvalue weighted by Gasteiger charge is -2.10. The molecule has 1 amide bonds. The number of carbonyl (C=O) groups excluding carboxylic acids is 1. The molecule has 0 aliphatic heterocycles. The van der Waals surface area contributed by atoms with E-state index in [1.807, 2.05) is 47.0 Å². The van der Waals surface area contributed by atoms with Crippen molar-refractivity contribution in [1.29, 1.82) is 0 Å². The second-order valence-corrected chi connectivity index (χ2v) is 8.38. The van der Waals surface area contributed by atoms with E-state index in [0.29, 0.717) is 46.9 Å². The van der Waals surface area contributed by atoms with Gasteiger partial charge in [0, 0.05) is 24.3 Å². The Bertz CT molecular complexity index is 1040. The van der Waals surface area contributed by atoms with Gasteiger partial charge in [0.2, 0.25) is 5.91 Å². The van der Waals surface area contributed by atoms with Crippen LogP contribution in [-0.2, 0) is 24.4 Å². The summed E-state index contributed by atoms with van der Waals surface area (Å²) in [4.78, 5) is 16.8. The molecule has 3 rings (SSSR count). The van der Waals surface area contributed by atoms with Crippen LogP contribution in [0.25, 0.3) is 0 Å². The summed E-state index contributed by atoms with van der Waals surface area (Å²) in [5.41, 5.74) is 2.66. The second kappa shape index (κ2) is 11.8. The highest BCUT2D eigenvalue weighted by atomic mass is 35.5. The summed E-state index contributed by atoms with van der Waals surface area (Å²) in [6.45, 7) is 0.933. The summed E-state index contributed by atoms with van der Waals surface area (Å²) in [5.74, 6) is 1.49. The number of amides is 1. The number of hydrogen-bond donors (Lipinski definition) is 2. The van der Waals surface area contributed by atoms with Crippen molar-refractivity contribution in [3.8, 4) is 11.5 Å². The first-order valence-corrected chi connectivity index (χ1v) is 11.4. The van der Waals surface area contributed by atoms with Crippen molar-refractivity contribution in [3.05, 3.63) is 70.5 Å². The molecule has 0 aliphatic rings. The van der Waals surface area contributed by atoms with E-state index < -0.39 is 0 Å². The monoisotopic (exact) mass is 475 g/mol. The van der Waals surface area contributed by atoms with Gasteiger partial charge < -0.3 is 24.5 Å². The molecule has 170 valence electrons. The second-order valence-electron chi connectivity index (χ2n) is 7.01. The Morgan fingerprint density at radius 3 is 2.53 bits per heavy atom. The van der Waals surface area contributed by atoms with Crippen LogP contribution in [0.5, 0.6) is 11.5 Å². The predicted octanol–water partition coefficient (Wildman–Crippen LogP) is 3.55. The third-order valence-corrected chi connectivity index (χ3v) is 5.98. The number of aliphatic hydroxyl groups is 1. The van der Waals surface area contributed by atoms with E-state index in [-0.39, 0.29) is 18.3 Å². The summed E-state index contributed by atoms with van der Waals surface area (Å²) in [7, 11) is 3.19. The summed E-state index contributed by atoms with van der Waals surface area (Å²) >= 11 is 7.29. The minimum Gasteiger partial charge on any atom is -0.493 e. The Labute approximate surface area is 196 Å². The maximum atomic E-state index is 12.3. The molecule has 2 aromatic carbocycles. The van der Waals surface area contributed by atoms with Gasteiger partial charge in [0.25, 0.3) is 0 Å². The molecule has 32 heavy (non-hydrogen) atoms. The molecular formula is C23H26ClN3O4S. The van der Waals surface area contributed by atoms with E-state index in [2.05, 4.69) is 10.3 Å². The Morgan fingerprint density at radius 1 is 1.12 bits per heavy atom. The third-order valence-electron chi connectivity index (χ3n) is 4.73. The fraction of sp³-hybridized carbons (Fsp3) is 0.304. The SMILES string of the molecule is COc1ccc(CCNC(=O)CSc2nc(CO)cn2Cc2ccc(Cl)cc2)cc1OC. The topological polar surface area (TPSA) is 85.6 Å². The quantitative estimate of drug-likeness (QED) is 0.412. The Balaban J connectivity index is 1.52. The molecule has 0 saturated carbocycles. The van der Waals surface area contributed by atoms with Gasteiger partial charge in [0.1, 0.15) is 0 Å². The van der Waals surface area contributed by atoms with Crippen molar-refractivity contribution in [2.75, 3.05) is 26.5 Å². The average molecular weight is 476 g/mol. The maximum absolute atomic E-state index is 12.3. The highest BCUT2D eigenvalue weighted by molar-refractivity contribution is 7.99. The normalized spacial score (nSPS) is 10.8. The van der Waals surface area contributed by atoms with Gasteiger partial charge in [0.15, 0.2) is 16.7 Å². The highest BCUT2D eigenvalue weighted by Crippen LogP contribution is 2.27. The predicted molar refractivity (Wildman–Crippen MR) is 126 cm³/mol. The minimum absolute atomic E-state index is 0.0814. The molecule has 0 atom stereocenters. The van der Waals surface area contributed by atoms with Crippen LogP contribution < -0.4 is 14.8 Å². The van der Waals surface area contributed by atoms with Gasteiger partial charge in [-0.05, 0) is 41.8 Å². The number of imidazole rings is 1. The number of rotatable bonds is 11. The number of aromatic nitrogens is 2. The number of thioether (sulfide) groups is 1. The van der Waals surface area contributed by atoms with E-state index in [0.717, 1.165) is 11.1 Å². The molecule has 0 spiro atoms. The van der Waals surface area contributed by atoms with Gasteiger partial charge in [-0.25, -0.2) is 4.98 Å². The van der Waals surface area contributed by atoms with E-state index in [1.54, 1.807) is 20.4 Å². The van der Waals surface area contributed by atoms with Crippen molar-refractivity contribution in [1.82, 2.24) is 14.9 Å². The summed E-state index contributed by atoms with van der Waals surface area (Å²) in [6.07, 6.45) is 2.47. The van der Waals surface area contributed by atoms with Gasteiger partial charge in [-0.2, -0.15) is 0 Å². The number of nitrogens with one attached hydrogen (secondary N) is 1. The number of benzene rings is 2. The standard InChI is InChI=1S/C23H26ClN3O4S/c1-30-20-8-5-16(11-21(20)31-2)9-10-25-22(29)15-32-23-26-19(14-28)13-27(23)12-17-3-6-18(24)7-4-17/h3-8,11,13,28H,9-10,12,14-15H2,1-2H3,(H,25,29). The molecule has 2 N–H and O–H groups in total. The van der Waals surface area contributed by atoms with Gasteiger partial charge >= 0.3 is 0 Å². The molecular weight excluding hydrogens is 450 g/mol. The van der Waals surface area contributed by atoms with Crippen LogP contribution >= 0.6 is 23.4 Å². The first-order chi connectivity index (χ1) is 15.5. The molecule has 9 heteroatoms. The molecule has 7 nitrogen and oxygen atoms in total. The lowest BCUT2D eigenvalue weighted by Crippen LogP contribution is -2.27. The molecule has 0 radical (unpaired) electrons. The van der Waals surface area contributed by atoms with Crippen molar-refractivity contribution in [2.45, 2.75) is 24.7 Å². The number of methoxy groups -OCH3 is 2. The van der Waals surface area contributed by atoms with Gasteiger partial charge in [-0.3, -0.25) is 4.79 Å². The van der Waals surface area contributed by atoms with Crippen LogP contribution in [0.2, 0.25) is 5.02 Å². The molecule has 0 fully saturated rings. The summed E-state index contributed by atoms with van der Waals surface area (Å²) in [6, 6.07) is 13.3. The number of nitrogens with zero attached hydrogens (tertiary/aromatic N) is 2. The molecule has 0 aliphatic carbocycles. The van der Waals surface area contributed by atoms with Crippen LogP contribution in [0.1, 0.15) is 16.8 Å². The Kier molecular flexibility index (Phi) is 8.84. The highest BCUT2D eigenvalue weighted by Gasteiger charge is 2.12. The average Bonchev–Trinajstić information content (AvgIpc) is 3.20. The van der Waals surface area contributed by atoms with Crippen molar-refractivity contribution >= 4 is 29.3 Å².